The molecule has 4 nitrogen and oxygen atoms in total. The Morgan fingerprint density at radius 2 is 2.04 bits per heavy atom. The van der Waals surface area contributed by atoms with Crippen LogP contribution in [0.15, 0.2) is 18.2 Å². The van der Waals surface area contributed by atoms with Crippen LogP contribution >= 0.6 is 0 Å². The van der Waals surface area contributed by atoms with Crippen LogP contribution in [-0.2, 0) is 0 Å². The van der Waals surface area contributed by atoms with Gasteiger partial charge in [0, 0.05) is 44.0 Å². The molecule has 2 fully saturated rings. The SMILES string of the molecule is CC1CCCCN1C(=O)NCC1CCN(c2ccc(F)c(F)c2)C1. The van der Waals surface area contributed by atoms with Gasteiger partial charge in [-0.15, -0.1) is 0 Å². The number of piperidine rings is 1. The average molecular weight is 337 g/mol. The first kappa shape index (κ1) is 17.0. The van der Waals surface area contributed by atoms with Crippen LogP contribution in [0, 0.1) is 17.6 Å². The van der Waals surface area contributed by atoms with Crippen molar-refractivity contribution < 1.29 is 13.6 Å². The zero-order valence-corrected chi connectivity index (χ0v) is 14.1. The fraction of sp³-hybridized carbons (Fsp3) is 0.611. The molecule has 1 N–H and O–H groups in total. The van der Waals surface area contributed by atoms with E-state index in [1.165, 1.54) is 12.5 Å². The van der Waals surface area contributed by atoms with Crippen LogP contribution in [0.1, 0.15) is 32.6 Å². The van der Waals surface area contributed by atoms with E-state index in [1.807, 2.05) is 9.80 Å². The lowest BCUT2D eigenvalue weighted by Gasteiger charge is -2.33. The lowest BCUT2D eigenvalue weighted by atomic mass is 10.0. The van der Waals surface area contributed by atoms with Crippen molar-refractivity contribution in [2.75, 3.05) is 31.1 Å². The Bertz CT molecular complexity index is 596. The van der Waals surface area contributed by atoms with E-state index in [0.29, 0.717) is 24.2 Å². The van der Waals surface area contributed by atoms with Crippen LogP contribution in [0.5, 0.6) is 0 Å². The summed E-state index contributed by atoms with van der Waals surface area (Å²) in [6.07, 6.45) is 4.28. The van der Waals surface area contributed by atoms with Gasteiger partial charge >= 0.3 is 6.03 Å². The first-order valence-corrected chi connectivity index (χ1v) is 8.79. The molecule has 1 aromatic rings. The van der Waals surface area contributed by atoms with Crippen molar-refractivity contribution >= 4 is 11.7 Å². The molecule has 24 heavy (non-hydrogen) atoms. The van der Waals surface area contributed by atoms with Crippen molar-refractivity contribution in [1.29, 1.82) is 0 Å². The number of carbonyl (C=O) groups excluding carboxylic acids is 1. The average Bonchev–Trinajstić information content (AvgIpc) is 3.04. The second-order valence-corrected chi connectivity index (χ2v) is 6.92. The zero-order valence-electron chi connectivity index (χ0n) is 14.1. The molecule has 2 heterocycles. The number of urea groups is 1. The number of anilines is 1. The maximum absolute atomic E-state index is 13.4. The minimum Gasteiger partial charge on any atom is -0.371 e. The highest BCUT2D eigenvalue weighted by Gasteiger charge is 2.26. The van der Waals surface area contributed by atoms with Gasteiger partial charge in [0.25, 0.3) is 0 Å². The number of nitrogens with one attached hydrogen (secondary N) is 1. The third kappa shape index (κ3) is 3.79. The van der Waals surface area contributed by atoms with Crippen LogP contribution in [0.4, 0.5) is 19.3 Å². The summed E-state index contributed by atoms with van der Waals surface area (Å²) in [6.45, 7) is 5.10. The molecule has 132 valence electrons. The Labute approximate surface area is 141 Å². The lowest BCUT2D eigenvalue weighted by Crippen LogP contribution is -2.48. The Morgan fingerprint density at radius 1 is 1.21 bits per heavy atom. The second kappa shape index (κ2) is 7.36. The summed E-state index contributed by atoms with van der Waals surface area (Å²) in [7, 11) is 0. The Hall–Kier alpha value is -1.85. The number of carbonyl (C=O) groups is 1. The molecule has 0 aromatic heterocycles. The lowest BCUT2D eigenvalue weighted by molar-refractivity contribution is 0.157. The predicted octanol–water partition coefficient (Wildman–Crippen LogP) is 3.38. The molecule has 2 aliphatic heterocycles. The highest BCUT2D eigenvalue weighted by molar-refractivity contribution is 5.74. The quantitative estimate of drug-likeness (QED) is 0.918. The number of likely N-dealkylation sites (tertiary alicyclic amines) is 1. The van der Waals surface area contributed by atoms with Crippen molar-refractivity contribution in [3.63, 3.8) is 0 Å². The van der Waals surface area contributed by atoms with E-state index in [4.69, 9.17) is 0 Å². The van der Waals surface area contributed by atoms with Gasteiger partial charge in [0.1, 0.15) is 0 Å². The smallest absolute Gasteiger partial charge is 0.317 e. The summed E-state index contributed by atoms with van der Waals surface area (Å²) in [6, 6.07) is 4.34. The molecule has 0 bridgehead atoms. The Morgan fingerprint density at radius 3 is 2.79 bits per heavy atom. The van der Waals surface area contributed by atoms with Gasteiger partial charge in [-0.25, -0.2) is 13.6 Å². The topological polar surface area (TPSA) is 35.6 Å². The molecule has 2 amide bonds. The summed E-state index contributed by atoms with van der Waals surface area (Å²) < 4.78 is 26.4. The van der Waals surface area contributed by atoms with Gasteiger partial charge < -0.3 is 15.1 Å². The third-order valence-electron chi connectivity index (χ3n) is 5.16. The minimum absolute atomic E-state index is 0.0217. The van der Waals surface area contributed by atoms with Crippen LogP contribution in [0.3, 0.4) is 0 Å². The Kier molecular flexibility index (Phi) is 5.21. The molecule has 0 saturated carbocycles. The van der Waals surface area contributed by atoms with E-state index < -0.39 is 11.6 Å². The second-order valence-electron chi connectivity index (χ2n) is 6.92. The molecule has 2 aliphatic rings. The molecular formula is C18H25F2N3O. The maximum atomic E-state index is 13.4. The molecule has 2 saturated heterocycles. The van der Waals surface area contributed by atoms with E-state index in [2.05, 4.69) is 12.2 Å². The van der Waals surface area contributed by atoms with Gasteiger partial charge in [0.05, 0.1) is 0 Å². The van der Waals surface area contributed by atoms with E-state index in [0.717, 1.165) is 45.0 Å². The number of hydrogen-bond acceptors (Lipinski definition) is 2. The van der Waals surface area contributed by atoms with Crippen molar-refractivity contribution in [1.82, 2.24) is 10.2 Å². The summed E-state index contributed by atoms with van der Waals surface area (Å²) in [5, 5.41) is 3.04. The van der Waals surface area contributed by atoms with E-state index in [9.17, 15) is 13.6 Å². The molecule has 0 aliphatic carbocycles. The molecule has 2 unspecified atom stereocenters. The van der Waals surface area contributed by atoms with Gasteiger partial charge in [0.15, 0.2) is 11.6 Å². The summed E-state index contributed by atoms with van der Waals surface area (Å²) >= 11 is 0. The van der Waals surface area contributed by atoms with E-state index >= 15 is 0 Å². The summed E-state index contributed by atoms with van der Waals surface area (Å²) in [5.74, 6) is -1.30. The molecule has 0 radical (unpaired) electrons. The minimum atomic E-state index is -0.822. The molecule has 1 aromatic carbocycles. The first-order valence-electron chi connectivity index (χ1n) is 8.79. The van der Waals surface area contributed by atoms with E-state index in [1.54, 1.807) is 6.07 Å². The molecule has 3 rings (SSSR count). The number of nitrogens with zero attached hydrogens (tertiary/aromatic N) is 2. The standard InChI is InChI=1S/C18H25F2N3O/c1-13-4-2-3-8-23(13)18(24)21-11-14-7-9-22(12-14)15-5-6-16(19)17(20)10-15/h5-6,10,13-14H,2-4,7-9,11-12H2,1H3,(H,21,24). The number of rotatable bonds is 3. The number of hydrogen-bond donors (Lipinski definition) is 1. The van der Waals surface area contributed by atoms with Crippen LogP contribution < -0.4 is 10.2 Å². The predicted molar refractivity (Wildman–Crippen MR) is 90.1 cm³/mol. The van der Waals surface area contributed by atoms with Gasteiger partial charge in [-0.05, 0) is 50.7 Å². The van der Waals surface area contributed by atoms with Crippen molar-refractivity contribution in [3.05, 3.63) is 29.8 Å². The molecular weight excluding hydrogens is 312 g/mol. The molecule has 6 heteroatoms. The monoisotopic (exact) mass is 337 g/mol. The van der Waals surface area contributed by atoms with Crippen molar-refractivity contribution in [2.45, 2.75) is 38.6 Å². The fourth-order valence-corrected chi connectivity index (χ4v) is 3.65. The third-order valence-corrected chi connectivity index (χ3v) is 5.16. The summed E-state index contributed by atoms with van der Waals surface area (Å²) in [4.78, 5) is 16.3. The van der Waals surface area contributed by atoms with Crippen LogP contribution in [0.25, 0.3) is 0 Å². The van der Waals surface area contributed by atoms with Gasteiger partial charge in [-0.1, -0.05) is 0 Å². The summed E-state index contributed by atoms with van der Waals surface area (Å²) in [5.41, 5.74) is 0.701. The highest BCUT2D eigenvalue weighted by atomic mass is 19.2. The number of amides is 2. The molecule has 0 spiro atoms. The van der Waals surface area contributed by atoms with Crippen molar-refractivity contribution in [2.24, 2.45) is 5.92 Å². The number of halogens is 2. The fourth-order valence-electron chi connectivity index (χ4n) is 3.65. The first-order chi connectivity index (χ1) is 11.5. The number of benzene rings is 1. The zero-order chi connectivity index (χ0) is 17.1. The highest BCUT2D eigenvalue weighted by Crippen LogP contribution is 2.25. The van der Waals surface area contributed by atoms with Crippen LogP contribution in [0.2, 0.25) is 0 Å². The van der Waals surface area contributed by atoms with E-state index in [-0.39, 0.29) is 6.03 Å². The van der Waals surface area contributed by atoms with Gasteiger partial charge in [0.2, 0.25) is 0 Å². The van der Waals surface area contributed by atoms with Gasteiger partial charge in [-0.2, -0.15) is 0 Å². The van der Waals surface area contributed by atoms with Crippen LogP contribution in [-0.4, -0.2) is 43.2 Å². The maximum Gasteiger partial charge on any atom is 0.317 e. The van der Waals surface area contributed by atoms with Gasteiger partial charge in [-0.3, -0.25) is 0 Å². The molecule has 2 atom stereocenters. The largest absolute Gasteiger partial charge is 0.371 e. The normalized spacial score (nSPS) is 24.3. The Balaban J connectivity index is 1.49. The van der Waals surface area contributed by atoms with Crippen molar-refractivity contribution in [3.8, 4) is 0 Å².